The molecule has 0 unspecified atom stereocenters. The van der Waals surface area contributed by atoms with Crippen molar-refractivity contribution in [3.05, 3.63) is 42.6 Å². The molecule has 4 rings (SSSR count). The summed E-state index contributed by atoms with van der Waals surface area (Å²) in [5, 5.41) is 11.3. The molecule has 116 valence electrons. The molecule has 1 aromatic heterocycles. The molecule has 0 aliphatic carbocycles. The normalized spacial score (nSPS) is 11.9. The van der Waals surface area contributed by atoms with Gasteiger partial charge in [-0.3, -0.25) is 0 Å². The number of hydrogen-bond acceptors (Lipinski definition) is 6. The number of fused-ring (bicyclic) bond motifs is 1. The van der Waals surface area contributed by atoms with Crippen molar-refractivity contribution in [3.8, 4) is 44.6 Å². The molecule has 0 spiro atoms. The van der Waals surface area contributed by atoms with E-state index in [1.807, 2.05) is 12.1 Å². The first-order valence-electron chi connectivity index (χ1n) is 6.96. The number of nitrogens with zero attached hydrogens (tertiary/aromatic N) is 1. The second kappa shape index (κ2) is 7.03. The van der Waals surface area contributed by atoms with Crippen LogP contribution >= 0.6 is 11.5 Å². The van der Waals surface area contributed by atoms with E-state index in [9.17, 15) is 5.11 Å². The Morgan fingerprint density at radius 2 is 1.92 bits per heavy atom. The van der Waals surface area contributed by atoms with Crippen molar-refractivity contribution in [3.63, 3.8) is 0 Å². The predicted octanol–water partition coefficient (Wildman–Crippen LogP) is 0.292. The quantitative estimate of drug-likeness (QED) is 0.636. The molecule has 0 amide bonds. The van der Waals surface area contributed by atoms with Gasteiger partial charge in [0, 0.05) is 17.3 Å². The zero-order chi connectivity index (χ0) is 15.8. The summed E-state index contributed by atoms with van der Waals surface area (Å²) >= 11 is 1.39. The summed E-state index contributed by atoms with van der Waals surface area (Å²) in [7, 11) is 1.60. The van der Waals surface area contributed by atoms with Gasteiger partial charge >= 0.3 is 29.6 Å². The maximum absolute atomic E-state index is 11.3. The SMILES string of the molecule is COc1cc(-c2sncc2-c2ccc([O-])cc2)cc2c1OCO2.[Na+]. The van der Waals surface area contributed by atoms with Crippen LogP contribution in [0.5, 0.6) is 23.0 Å². The fourth-order valence-electron chi connectivity index (χ4n) is 2.55. The minimum atomic E-state index is -0.0109. The van der Waals surface area contributed by atoms with Gasteiger partial charge < -0.3 is 19.3 Å². The van der Waals surface area contributed by atoms with Crippen LogP contribution in [0.4, 0.5) is 0 Å². The molecule has 0 N–H and O–H groups in total. The van der Waals surface area contributed by atoms with E-state index in [0.29, 0.717) is 17.2 Å². The van der Waals surface area contributed by atoms with Crippen molar-refractivity contribution < 1.29 is 48.9 Å². The standard InChI is InChI=1S/C17H13NO4S.Na/c1-20-14-6-11(7-15-16(14)22-9-21-15)17-13(8-18-23-17)10-2-4-12(19)5-3-10;/h2-8,19H,9H2,1H3;/q;+1/p-1. The Morgan fingerprint density at radius 3 is 2.67 bits per heavy atom. The van der Waals surface area contributed by atoms with Crippen LogP contribution in [0.2, 0.25) is 0 Å². The Labute approximate surface area is 165 Å². The molecule has 0 saturated heterocycles. The van der Waals surface area contributed by atoms with E-state index in [1.54, 1.807) is 37.6 Å². The number of ether oxygens (including phenoxy) is 3. The van der Waals surface area contributed by atoms with Gasteiger partial charge in [0.05, 0.1) is 12.0 Å². The first-order valence-corrected chi connectivity index (χ1v) is 7.74. The number of benzene rings is 2. The van der Waals surface area contributed by atoms with Crippen molar-refractivity contribution in [2.45, 2.75) is 0 Å². The molecule has 0 saturated carbocycles. The molecule has 2 aromatic carbocycles. The van der Waals surface area contributed by atoms with Crippen molar-refractivity contribution in [2.75, 3.05) is 13.9 Å². The first-order chi connectivity index (χ1) is 11.3. The van der Waals surface area contributed by atoms with Gasteiger partial charge in [-0.2, -0.15) is 4.37 Å². The minimum Gasteiger partial charge on any atom is -0.872 e. The van der Waals surface area contributed by atoms with E-state index in [0.717, 1.165) is 21.6 Å². The molecule has 7 heteroatoms. The van der Waals surface area contributed by atoms with E-state index >= 15 is 0 Å². The molecule has 1 aliphatic rings. The first kappa shape index (κ1) is 17.1. The number of aromatic nitrogens is 1. The Hall–Kier alpha value is -1.73. The van der Waals surface area contributed by atoms with Gasteiger partial charge in [-0.05, 0) is 29.2 Å². The summed E-state index contributed by atoms with van der Waals surface area (Å²) in [6.07, 6.45) is 1.80. The van der Waals surface area contributed by atoms with Crippen LogP contribution in [0.3, 0.4) is 0 Å². The van der Waals surface area contributed by atoms with Gasteiger partial charge in [0.2, 0.25) is 12.5 Å². The topological polar surface area (TPSA) is 63.6 Å². The fourth-order valence-corrected chi connectivity index (χ4v) is 3.30. The van der Waals surface area contributed by atoms with Crippen LogP contribution < -0.4 is 48.9 Å². The molecular weight excluding hydrogens is 337 g/mol. The van der Waals surface area contributed by atoms with Gasteiger partial charge in [0.25, 0.3) is 0 Å². The van der Waals surface area contributed by atoms with E-state index in [4.69, 9.17) is 14.2 Å². The van der Waals surface area contributed by atoms with Crippen LogP contribution in [0, 0.1) is 0 Å². The predicted molar refractivity (Wildman–Crippen MR) is 85.1 cm³/mol. The maximum Gasteiger partial charge on any atom is 1.00 e. The van der Waals surface area contributed by atoms with Crippen LogP contribution in [0.25, 0.3) is 21.6 Å². The van der Waals surface area contributed by atoms with Gasteiger partial charge in [-0.1, -0.05) is 24.3 Å². The number of methoxy groups -OCH3 is 1. The molecule has 2 heterocycles. The zero-order valence-electron chi connectivity index (χ0n) is 13.2. The molecule has 3 aromatic rings. The summed E-state index contributed by atoms with van der Waals surface area (Å²) in [5.74, 6) is 1.90. The minimum absolute atomic E-state index is 0. The van der Waals surface area contributed by atoms with E-state index in [2.05, 4.69) is 4.37 Å². The van der Waals surface area contributed by atoms with Crippen molar-refractivity contribution in [1.82, 2.24) is 4.37 Å². The summed E-state index contributed by atoms with van der Waals surface area (Å²) in [5.41, 5.74) is 2.86. The molecular formula is C17H12NNaO4S. The van der Waals surface area contributed by atoms with Gasteiger partial charge in [-0.15, -0.1) is 5.75 Å². The van der Waals surface area contributed by atoms with E-state index < -0.39 is 0 Å². The molecule has 1 aliphatic heterocycles. The Morgan fingerprint density at radius 1 is 1.12 bits per heavy atom. The second-order valence-electron chi connectivity index (χ2n) is 5.01. The van der Waals surface area contributed by atoms with Crippen molar-refractivity contribution in [1.29, 1.82) is 0 Å². The smallest absolute Gasteiger partial charge is 0.872 e. The summed E-state index contributed by atoms with van der Waals surface area (Å²) in [6.45, 7) is 0.190. The van der Waals surface area contributed by atoms with Crippen LogP contribution in [-0.4, -0.2) is 18.3 Å². The number of hydrogen-bond donors (Lipinski definition) is 0. The van der Waals surface area contributed by atoms with E-state index in [-0.39, 0.29) is 42.1 Å². The summed E-state index contributed by atoms with van der Waals surface area (Å²) in [6, 6.07) is 10.5. The van der Waals surface area contributed by atoms with Crippen molar-refractivity contribution in [2.24, 2.45) is 0 Å². The molecule has 0 atom stereocenters. The molecule has 5 nitrogen and oxygen atoms in total. The third-order valence-corrected chi connectivity index (χ3v) is 4.51. The van der Waals surface area contributed by atoms with Crippen LogP contribution in [-0.2, 0) is 0 Å². The summed E-state index contributed by atoms with van der Waals surface area (Å²) in [4.78, 5) is 0.986. The zero-order valence-corrected chi connectivity index (χ0v) is 16.1. The van der Waals surface area contributed by atoms with Gasteiger partial charge in [0.15, 0.2) is 11.5 Å². The molecule has 24 heavy (non-hydrogen) atoms. The monoisotopic (exact) mass is 349 g/mol. The maximum atomic E-state index is 11.3. The average molecular weight is 349 g/mol. The number of rotatable bonds is 3. The Bertz CT molecular complexity index is 864. The van der Waals surface area contributed by atoms with Gasteiger partial charge in [0.1, 0.15) is 0 Å². The Balaban J connectivity index is 0.00000169. The second-order valence-corrected chi connectivity index (χ2v) is 5.81. The summed E-state index contributed by atoms with van der Waals surface area (Å²) < 4.78 is 20.6. The van der Waals surface area contributed by atoms with Crippen LogP contribution in [0.15, 0.2) is 42.6 Å². The third-order valence-electron chi connectivity index (χ3n) is 3.66. The van der Waals surface area contributed by atoms with E-state index in [1.165, 1.54) is 11.5 Å². The van der Waals surface area contributed by atoms with Crippen molar-refractivity contribution >= 4 is 11.5 Å². The largest absolute Gasteiger partial charge is 1.00 e. The van der Waals surface area contributed by atoms with Crippen LogP contribution in [0.1, 0.15) is 0 Å². The molecule has 0 bridgehead atoms. The Kier molecular flexibility index (Phi) is 5.01. The average Bonchev–Trinajstić information content (AvgIpc) is 3.23. The molecule has 0 radical (unpaired) electrons. The third kappa shape index (κ3) is 2.98. The fraction of sp³-hybridized carbons (Fsp3) is 0.118. The van der Waals surface area contributed by atoms with Gasteiger partial charge in [-0.25, -0.2) is 0 Å². The molecule has 0 fully saturated rings.